The summed E-state index contributed by atoms with van der Waals surface area (Å²) in [5.41, 5.74) is 16.2. The maximum absolute atomic E-state index is 13.7. The molecule has 10 atom stereocenters. The van der Waals surface area contributed by atoms with Crippen LogP contribution in [-0.4, -0.2) is 234 Å². The fourth-order valence-corrected chi connectivity index (χ4v) is 16.7. The molecule has 2 unspecified atom stereocenters. The zero-order chi connectivity index (χ0) is 86.6. The summed E-state index contributed by atoms with van der Waals surface area (Å²) in [5, 5.41) is 128. The lowest BCUT2D eigenvalue weighted by Crippen LogP contribution is -2.19. The molecule has 4 saturated carbocycles. The minimum atomic E-state index is -2.62. The van der Waals surface area contributed by atoms with Gasteiger partial charge in [-0.2, -0.15) is 61.2 Å². The van der Waals surface area contributed by atoms with Crippen LogP contribution in [0, 0.1) is 23.7 Å². The number of aliphatic hydroxyl groups is 8. The van der Waals surface area contributed by atoms with E-state index in [0.717, 1.165) is 114 Å². The number of rotatable bonds is 33. The van der Waals surface area contributed by atoms with E-state index in [4.69, 9.17) is 45.5 Å². The normalized spacial score (nSPS) is 17.9. The van der Waals surface area contributed by atoms with E-state index in [1.165, 1.54) is 68.9 Å². The number of aromatic nitrogens is 28. The van der Waals surface area contributed by atoms with Crippen LogP contribution < -0.4 is 0 Å². The van der Waals surface area contributed by atoms with E-state index in [9.17, 15) is 29.2 Å². The van der Waals surface area contributed by atoms with Crippen molar-refractivity contribution in [3.8, 4) is 90.1 Å². The Morgan fingerprint density at radius 3 is 1.00 bits per heavy atom. The summed E-state index contributed by atoms with van der Waals surface area (Å²) < 4.78 is 48.7. The van der Waals surface area contributed by atoms with Gasteiger partial charge in [0.2, 0.25) is 0 Å². The maximum atomic E-state index is 13.7. The van der Waals surface area contributed by atoms with Crippen LogP contribution in [0.3, 0.4) is 0 Å². The van der Waals surface area contributed by atoms with Crippen molar-refractivity contribution >= 4 is 22.1 Å². The van der Waals surface area contributed by atoms with Crippen molar-refractivity contribution in [2.75, 3.05) is 26.4 Å². The van der Waals surface area contributed by atoms with Crippen LogP contribution in [0.1, 0.15) is 142 Å². The third kappa shape index (κ3) is 19.2. The van der Waals surface area contributed by atoms with Gasteiger partial charge in [-0.3, -0.25) is 37.5 Å². The Hall–Kier alpha value is -12.3. The highest BCUT2D eigenvalue weighted by Crippen LogP contribution is 2.55. The molecule has 0 aliphatic heterocycles. The van der Waals surface area contributed by atoms with Crippen LogP contribution in [0.5, 0.6) is 0 Å². The predicted octanol–water partition coefficient (Wildman–Crippen LogP) is 10.1. The number of fused-ring (bicyclic) bond motifs is 4. The highest BCUT2D eigenvalue weighted by atomic mass is 19.3. The first-order valence-electron chi connectivity index (χ1n) is 43.0. The Labute approximate surface area is 716 Å². The van der Waals surface area contributed by atoms with Gasteiger partial charge in [0.05, 0.1) is 274 Å². The molecule has 0 amide bonds. The third-order valence-electron chi connectivity index (χ3n) is 24.1. The second kappa shape index (κ2) is 37.2. The van der Waals surface area contributed by atoms with Crippen molar-refractivity contribution in [1.29, 1.82) is 0 Å². The first-order valence-corrected chi connectivity index (χ1v) is 43.0. The molecular formula is C87H104F2N28O8. The smallest absolute Gasteiger partial charge is 0.253 e. The number of nitrogens with zero attached hydrogens (tertiary/aromatic N) is 28. The highest BCUT2D eigenvalue weighted by Gasteiger charge is 2.60. The van der Waals surface area contributed by atoms with E-state index in [2.05, 4.69) is 109 Å². The van der Waals surface area contributed by atoms with Crippen LogP contribution in [0.4, 0.5) is 8.78 Å². The van der Waals surface area contributed by atoms with Crippen molar-refractivity contribution in [2.45, 2.75) is 198 Å². The summed E-state index contributed by atoms with van der Waals surface area (Å²) in [7, 11) is 0. The molecule has 20 rings (SSSR count). The van der Waals surface area contributed by atoms with Crippen molar-refractivity contribution in [3.63, 3.8) is 0 Å². The quantitative estimate of drug-likeness (QED) is 0.0189. The Morgan fingerprint density at radius 1 is 0.368 bits per heavy atom. The van der Waals surface area contributed by atoms with Crippen LogP contribution in [-0.2, 0) is 26.2 Å². The van der Waals surface area contributed by atoms with E-state index in [1.54, 1.807) is 97.6 Å². The van der Waals surface area contributed by atoms with Crippen molar-refractivity contribution in [1.82, 2.24) is 137 Å². The lowest BCUT2D eigenvalue weighted by Gasteiger charge is -2.18. The van der Waals surface area contributed by atoms with E-state index < -0.39 is 36.3 Å². The van der Waals surface area contributed by atoms with Crippen molar-refractivity contribution in [2.24, 2.45) is 23.7 Å². The lowest BCUT2D eigenvalue weighted by atomic mass is 10.0. The number of aliphatic hydroxyl groups excluding tert-OH is 8. The monoisotopic (exact) mass is 1710 g/mol. The van der Waals surface area contributed by atoms with E-state index in [0.29, 0.717) is 53.0 Å². The fourth-order valence-electron chi connectivity index (χ4n) is 16.7. The summed E-state index contributed by atoms with van der Waals surface area (Å²) in [5.74, 6) is -0.923. The average molecular weight is 1710 g/mol. The fraction of sp³-hybridized carbons (Fsp3) is 0.448. The number of hydrogen-bond donors (Lipinski definition) is 8. The van der Waals surface area contributed by atoms with Gasteiger partial charge in [0.1, 0.15) is 0 Å². The Bertz CT molecular complexity index is 6080. The van der Waals surface area contributed by atoms with Gasteiger partial charge < -0.3 is 40.9 Å². The Kier molecular flexibility index (Phi) is 25.3. The zero-order valence-corrected chi connectivity index (χ0v) is 70.0. The van der Waals surface area contributed by atoms with Crippen molar-refractivity contribution in [3.05, 3.63) is 173 Å². The second-order valence-electron chi connectivity index (χ2n) is 33.2. The molecular weight excluding hydrogens is 1600 g/mol. The highest BCUT2D eigenvalue weighted by molar-refractivity contribution is 5.81. The zero-order valence-electron chi connectivity index (χ0n) is 70.0. The van der Waals surface area contributed by atoms with E-state index in [-0.39, 0.29) is 65.1 Å². The first-order chi connectivity index (χ1) is 60.8. The van der Waals surface area contributed by atoms with Crippen molar-refractivity contribution < 1.29 is 49.6 Å². The van der Waals surface area contributed by atoms with Gasteiger partial charge in [0, 0.05) is 101 Å². The molecule has 0 spiro atoms. The van der Waals surface area contributed by atoms with Gasteiger partial charge in [-0.05, 0) is 87.0 Å². The molecule has 125 heavy (non-hydrogen) atoms. The molecule has 0 aromatic carbocycles. The minimum Gasteiger partial charge on any atom is -0.394 e. The third-order valence-corrected chi connectivity index (χ3v) is 24.1. The van der Waals surface area contributed by atoms with Gasteiger partial charge in [-0.25, -0.2) is 46.8 Å². The van der Waals surface area contributed by atoms with Gasteiger partial charge in [0.15, 0.2) is 0 Å². The van der Waals surface area contributed by atoms with Gasteiger partial charge in [-0.1, -0.05) is 66.2 Å². The minimum absolute atomic E-state index is 0.101. The number of halogens is 2. The summed E-state index contributed by atoms with van der Waals surface area (Å²) in [6, 6.07) is 8.62. The molecule has 0 saturated heterocycles. The van der Waals surface area contributed by atoms with Gasteiger partial charge in [-0.15, -0.1) is 0 Å². The average Bonchev–Trinajstić information content (AvgIpc) is 1.40. The van der Waals surface area contributed by atoms with Crippen LogP contribution in [0.15, 0.2) is 173 Å². The lowest BCUT2D eigenvalue weighted by molar-refractivity contribution is 0.0782. The number of alkyl halides is 2. The predicted molar refractivity (Wildman–Crippen MR) is 456 cm³/mol. The Morgan fingerprint density at radius 2 is 0.688 bits per heavy atom. The van der Waals surface area contributed by atoms with Crippen LogP contribution in [0.2, 0.25) is 0 Å². The molecule has 16 aromatic heterocycles. The molecule has 16 aromatic rings. The standard InChI is InChI=1S/3C22H27N7O2.C21H23F2N7O2/c2*1-2-18(7-15-3-4-15)28-11-17(9-25-28)22-21-5-6-23-29(21)13-20(26-22)16-8-24-27(10-16)12-19(31)14-30;1-2-15-4-3-5-20(15)28-11-17(9-25-28)22-21-6-7-23-29(21)13-19(26-22)16-8-24-27(10-16)12-18(31)14-30;1-2-18(16-5-21(16,22)23)29-9-14(7-26-29)20-19-3-4-24-30(19)11-17(27-20)13-6-25-28(8-13)10-15(32)12-31/h2*5-6,8-11,13,15,18-19,30-31H,2-4,7,12,14H2,1H3;6-11,13,15,18,20,30-31H,2-5,12,14H2,1H3;3-4,6-9,11,15-16,18,31-32H,2,5,10,12H2,1H3/t18?,19-;18-,19+;15-,18-,20+;15-,16+,18?/m1011/s1. The van der Waals surface area contributed by atoms with Gasteiger partial charge >= 0.3 is 0 Å². The molecule has 38 heteroatoms. The largest absolute Gasteiger partial charge is 0.394 e. The number of hydrogen-bond acceptors (Lipinski definition) is 24. The molecule has 16 heterocycles. The van der Waals surface area contributed by atoms with Crippen LogP contribution >= 0.6 is 0 Å². The van der Waals surface area contributed by atoms with E-state index in [1.807, 2.05) is 101 Å². The summed E-state index contributed by atoms with van der Waals surface area (Å²) in [4.78, 5) is 19.5. The molecule has 4 aliphatic rings. The van der Waals surface area contributed by atoms with E-state index >= 15 is 0 Å². The molecule has 654 valence electrons. The maximum Gasteiger partial charge on any atom is 0.253 e. The summed E-state index contributed by atoms with van der Waals surface area (Å²) in [6.07, 6.45) is 55.4. The van der Waals surface area contributed by atoms with Crippen LogP contribution in [0.25, 0.3) is 112 Å². The molecule has 0 radical (unpaired) electrons. The second-order valence-corrected chi connectivity index (χ2v) is 33.2. The summed E-state index contributed by atoms with van der Waals surface area (Å²) >= 11 is 0. The summed E-state index contributed by atoms with van der Waals surface area (Å²) in [6.45, 7) is 8.13. The Balaban J connectivity index is 0.000000118. The molecule has 4 aliphatic carbocycles. The first kappa shape index (κ1) is 84.9. The molecule has 0 bridgehead atoms. The topological polar surface area (TPSA) is 425 Å². The van der Waals surface area contributed by atoms with Gasteiger partial charge in [0.25, 0.3) is 5.92 Å². The molecule has 4 fully saturated rings. The molecule has 8 N–H and O–H groups in total. The SMILES string of the molecule is CCC(CC1CC1)n1cc(-c2nc(-c3cnn(C[C@@H](O)CO)c3)cn3nccc23)cn1.CCC([C@@H]1CC1(F)F)n1cc(-c2nc(-c3cnn(C[C@@H](O)CO)c3)cn3nccc23)cn1.CC[C@@H](CC1CC1)n1cc(-c2nc(-c3cnn(C[C@@H](O)CO)c3)cn3nccc23)cn1.CC[C@@H]1CCC[C@@H]1n1cc(-c2nc(-c3cnn(C[C@@H](O)CO)c3)cn3nccc23)cn1. The molecule has 36 nitrogen and oxygen atoms in total.